The molecule has 116 valence electrons. The number of amides is 1. The maximum Gasteiger partial charge on any atom is 0.251 e. The summed E-state index contributed by atoms with van der Waals surface area (Å²) < 4.78 is 13.5. The summed E-state index contributed by atoms with van der Waals surface area (Å²) in [5, 5.41) is 3.65. The van der Waals surface area contributed by atoms with Crippen molar-refractivity contribution in [2.75, 3.05) is 6.54 Å². The zero-order valence-electron chi connectivity index (χ0n) is 12.9. The fourth-order valence-electron chi connectivity index (χ4n) is 3.18. The minimum atomic E-state index is -0.365. The van der Waals surface area contributed by atoms with Gasteiger partial charge in [-0.05, 0) is 29.3 Å². The van der Waals surface area contributed by atoms with Gasteiger partial charge in [0.25, 0.3) is 5.91 Å². The fraction of sp³-hybridized carbons (Fsp3) is 0.222. The van der Waals surface area contributed by atoms with E-state index in [1.807, 2.05) is 24.4 Å². The molecule has 23 heavy (non-hydrogen) atoms. The summed E-state index contributed by atoms with van der Waals surface area (Å²) in [5.41, 5.74) is 4.05. The SMILES string of the molecule is CC1(C)CNC(=O)c2ccc(-c3c[nH]c4ncc(F)cc34)cc21. The molecule has 0 unspecified atom stereocenters. The second kappa shape index (κ2) is 4.65. The van der Waals surface area contributed by atoms with Crippen molar-refractivity contribution in [3.63, 3.8) is 0 Å². The molecule has 3 heterocycles. The molecule has 4 nitrogen and oxygen atoms in total. The number of nitrogens with zero attached hydrogens (tertiary/aromatic N) is 1. The molecule has 2 N–H and O–H groups in total. The Morgan fingerprint density at radius 2 is 2.04 bits per heavy atom. The van der Waals surface area contributed by atoms with Crippen LogP contribution in [0.5, 0.6) is 0 Å². The van der Waals surface area contributed by atoms with Crippen LogP contribution < -0.4 is 5.32 Å². The van der Waals surface area contributed by atoms with E-state index in [4.69, 9.17) is 0 Å². The molecule has 0 spiro atoms. The first-order valence-corrected chi connectivity index (χ1v) is 7.51. The molecule has 0 bridgehead atoms. The van der Waals surface area contributed by atoms with E-state index in [1.165, 1.54) is 12.3 Å². The predicted molar refractivity (Wildman–Crippen MR) is 86.8 cm³/mol. The maximum atomic E-state index is 13.5. The predicted octanol–water partition coefficient (Wildman–Crippen LogP) is 3.39. The highest BCUT2D eigenvalue weighted by Gasteiger charge is 2.31. The van der Waals surface area contributed by atoms with E-state index in [9.17, 15) is 9.18 Å². The van der Waals surface area contributed by atoms with Crippen LogP contribution in [0.1, 0.15) is 29.8 Å². The van der Waals surface area contributed by atoms with E-state index in [0.29, 0.717) is 17.8 Å². The average Bonchev–Trinajstić information content (AvgIpc) is 2.94. The smallest absolute Gasteiger partial charge is 0.251 e. The molecule has 0 radical (unpaired) electrons. The van der Waals surface area contributed by atoms with E-state index in [-0.39, 0.29) is 17.1 Å². The van der Waals surface area contributed by atoms with Gasteiger partial charge >= 0.3 is 0 Å². The van der Waals surface area contributed by atoms with Gasteiger partial charge in [-0.25, -0.2) is 9.37 Å². The molecule has 0 atom stereocenters. The first-order valence-electron chi connectivity index (χ1n) is 7.51. The van der Waals surface area contributed by atoms with Crippen molar-refractivity contribution < 1.29 is 9.18 Å². The van der Waals surface area contributed by atoms with Crippen molar-refractivity contribution in [1.29, 1.82) is 0 Å². The number of pyridine rings is 1. The summed E-state index contributed by atoms with van der Waals surface area (Å²) in [6, 6.07) is 7.24. The summed E-state index contributed by atoms with van der Waals surface area (Å²) in [4.78, 5) is 19.2. The van der Waals surface area contributed by atoms with Crippen molar-refractivity contribution in [2.45, 2.75) is 19.3 Å². The molecule has 1 aromatic carbocycles. The lowest BCUT2D eigenvalue weighted by Crippen LogP contribution is -2.43. The summed E-state index contributed by atoms with van der Waals surface area (Å²) in [6.45, 7) is 4.81. The highest BCUT2D eigenvalue weighted by Crippen LogP contribution is 2.35. The Hall–Kier alpha value is -2.69. The van der Waals surface area contributed by atoms with Crippen LogP contribution in [-0.2, 0) is 5.41 Å². The van der Waals surface area contributed by atoms with Crippen LogP contribution in [0.25, 0.3) is 22.2 Å². The van der Waals surface area contributed by atoms with Gasteiger partial charge in [-0.2, -0.15) is 0 Å². The van der Waals surface area contributed by atoms with Gasteiger partial charge in [-0.3, -0.25) is 4.79 Å². The maximum absolute atomic E-state index is 13.5. The van der Waals surface area contributed by atoms with E-state index < -0.39 is 0 Å². The van der Waals surface area contributed by atoms with Gasteiger partial charge in [0.2, 0.25) is 0 Å². The van der Waals surface area contributed by atoms with Crippen LogP contribution >= 0.6 is 0 Å². The van der Waals surface area contributed by atoms with Crippen LogP contribution in [-0.4, -0.2) is 22.4 Å². The minimum absolute atomic E-state index is 0.0440. The van der Waals surface area contributed by atoms with Crippen LogP contribution in [0.15, 0.2) is 36.7 Å². The highest BCUT2D eigenvalue weighted by atomic mass is 19.1. The van der Waals surface area contributed by atoms with Gasteiger partial charge in [0.1, 0.15) is 11.5 Å². The molecule has 0 aliphatic carbocycles. The number of carbonyl (C=O) groups excluding carboxylic acids is 1. The van der Waals surface area contributed by atoms with Gasteiger partial charge < -0.3 is 10.3 Å². The van der Waals surface area contributed by atoms with Crippen LogP contribution in [0.3, 0.4) is 0 Å². The third kappa shape index (κ3) is 2.11. The molecule has 1 aliphatic heterocycles. The Bertz CT molecular complexity index is 943. The highest BCUT2D eigenvalue weighted by molar-refractivity contribution is 5.99. The van der Waals surface area contributed by atoms with Crippen molar-refractivity contribution in [1.82, 2.24) is 15.3 Å². The molecule has 2 aromatic heterocycles. The Balaban J connectivity index is 1.93. The average molecular weight is 309 g/mol. The Morgan fingerprint density at radius 3 is 2.87 bits per heavy atom. The molecular formula is C18H16FN3O. The lowest BCUT2D eigenvalue weighted by atomic mass is 9.78. The number of H-pyrrole nitrogens is 1. The van der Waals surface area contributed by atoms with Crippen molar-refractivity contribution in [3.05, 3.63) is 53.6 Å². The first-order chi connectivity index (χ1) is 11.0. The number of aromatic nitrogens is 2. The van der Waals surface area contributed by atoms with Crippen molar-refractivity contribution in [2.24, 2.45) is 0 Å². The number of halogens is 1. The fourth-order valence-corrected chi connectivity index (χ4v) is 3.18. The molecule has 0 saturated heterocycles. The van der Waals surface area contributed by atoms with E-state index in [2.05, 4.69) is 29.1 Å². The number of aromatic amines is 1. The van der Waals surface area contributed by atoms with Gasteiger partial charge in [0.05, 0.1) is 6.20 Å². The van der Waals surface area contributed by atoms with E-state index in [0.717, 1.165) is 22.1 Å². The molecule has 0 fully saturated rings. The number of hydrogen-bond donors (Lipinski definition) is 2. The van der Waals surface area contributed by atoms with Crippen LogP contribution in [0.4, 0.5) is 4.39 Å². The third-order valence-electron chi connectivity index (χ3n) is 4.49. The Morgan fingerprint density at radius 1 is 1.22 bits per heavy atom. The zero-order chi connectivity index (χ0) is 16.2. The Labute approximate surface area is 132 Å². The molecule has 0 saturated carbocycles. The van der Waals surface area contributed by atoms with Crippen LogP contribution in [0.2, 0.25) is 0 Å². The summed E-state index contributed by atoms with van der Waals surface area (Å²) in [5.74, 6) is -0.409. The standard InChI is InChI=1S/C18H16FN3O/c1-18(2)9-22-17(23)12-4-3-10(5-15(12)18)14-8-21-16-13(14)6-11(19)7-20-16/h3-8H,9H2,1-2H3,(H,20,21)(H,22,23). The van der Waals surface area contributed by atoms with Gasteiger partial charge in [0.15, 0.2) is 0 Å². The van der Waals surface area contributed by atoms with Crippen LogP contribution in [0, 0.1) is 5.82 Å². The normalized spacial score (nSPS) is 16.2. The number of rotatable bonds is 1. The quantitative estimate of drug-likeness (QED) is 0.724. The number of hydrogen-bond acceptors (Lipinski definition) is 2. The van der Waals surface area contributed by atoms with Crippen molar-refractivity contribution >= 4 is 16.9 Å². The number of carbonyl (C=O) groups is 1. The van der Waals surface area contributed by atoms with Gasteiger partial charge in [-0.1, -0.05) is 19.9 Å². The third-order valence-corrected chi connectivity index (χ3v) is 4.49. The molecule has 1 amide bonds. The Kier molecular flexibility index (Phi) is 2.82. The van der Waals surface area contributed by atoms with Gasteiger partial charge in [0, 0.05) is 34.7 Å². The second-order valence-electron chi connectivity index (χ2n) is 6.58. The van der Waals surface area contributed by atoms with Gasteiger partial charge in [-0.15, -0.1) is 0 Å². The first kappa shape index (κ1) is 13.9. The largest absolute Gasteiger partial charge is 0.351 e. The number of nitrogens with one attached hydrogen (secondary N) is 2. The lowest BCUT2D eigenvalue weighted by molar-refractivity contribution is 0.0930. The van der Waals surface area contributed by atoms with E-state index in [1.54, 1.807) is 0 Å². The molecule has 3 aromatic rings. The second-order valence-corrected chi connectivity index (χ2v) is 6.58. The van der Waals surface area contributed by atoms with Crippen molar-refractivity contribution in [3.8, 4) is 11.1 Å². The topological polar surface area (TPSA) is 57.8 Å². The zero-order valence-corrected chi connectivity index (χ0v) is 12.9. The molecular weight excluding hydrogens is 293 g/mol. The minimum Gasteiger partial charge on any atom is -0.351 e. The van der Waals surface area contributed by atoms with E-state index >= 15 is 0 Å². The monoisotopic (exact) mass is 309 g/mol. The summed E-state index contributed by atoms with van der Waals surface area (Å²) >= 11 is 0. The summed E-state index contributed by atoms with van der Waals surface area (Å²) in [7, 11) is 0. The molecule has 4 rings (SSSR count). The molecule has 1 aliphatic rings. The lowest BCUT2D eigenvalue weighted by Gasteiger charge is -2.32. The number of benzene rings is 1. The molecule has 5 heteroatoms. The number of fused-ring (bicyclic) bond motifs is 2. The summed E-state index contributed by atoms with van der Waals surface area (Å²) in [6.07, 6.45) is 3.03.